The monoisotopic (exact) mass is 255 g/mol. The van der Waals surface area contributed by atoms with Crippen LogP contribution in [0.5, 0.6) is 6.01 Å². The summed E-state index contributed by atoms with van der Waals surface area (Å²) in [5, 5.41) is 0. The minimum Gasteiger partial charge on any atom is -0.454 e. The van der Waals surface area contributed by atoms with Gasteiger partial charge in [0.2, 0.25) is 0 Å². The van der Waals surface area contributed by atoms with Gasteiger partial charge in [0, 0.05) is 12.5 Å². The molecule has 4 aliphatic rings. The predicted molar refractivity (Wildman–Crippen MR) is 72.3 cm³/mol. The van der Waals surface area contributed by atoms with Crippen molar-refractivity contribution in [1.29, 1.82) is 0 Å². The normalized spacial score (nSPS) is 35.8. The maximum atomic E-state index is 6.36. The van der Waals surface area contributed by atoms with Crippen LogP contribution in [0.25, 0.3) is 11.0 Å². The number of benzene rings is 1. The van der Waals surface area contributed by atoms with Crippen molar-refractivity contribution in [1.82, 2.24) is 14.5 Å². The molecule has 3 saturated heterocycles. The molecule has 4 heteroatoms. The average Bonchev–Trinajstić information content (AvgIpc) is 2.94. The van der Waals surface area contributed by atoms with Gasteiger partial charge in [0.15, 0.2) is 0 Å². The third-order valence-corrected chi connectivity index (χ3v) is 5.16. The molecule has 0 saturated carbocycles. The van der Waals surface area contributed by atoms with Crippen LogP contribution in [-0.2, 0) is 6.54 Å². The van der Waals surface area contributed by atoms with Gasteiger partial charge < -0.3 is 4.74 Å². The summed E-state index contributed by atoms with van der Waals surface area (Å²) in [6.45, 7) is 4.55. The lowest BCUT2D eigenvalue weighted by Crippen LogP contribution is -2.61. The van der Waals surface area contributed by atoms with Crippen LogP contribution in [0, 0.1) is 5.92 Å². The molecular formula is C15H17N3O. The molecule has 1 atom stereocenters. The fraction of sp³-hybridized carbons (Fsp3) is 0.533. The van der Waals surface area contributed by atoms with Crippen LogP contribution in [-0.4, -0.2) is 39.7 Å². The van der Waals surface area contributed by atoms with E-state index in [1.807, 2.05) is 6.07 Å². The van der Waals surface area contributed by atoms with Crippen molar-refractivity contribution in [2.24, 2.45) is 5.92 Å². The van der Waals surface area contributed by atoms with Crippen LogP contribution in [0.3, 0.4) is 0 Å². The van der Waals surface area contributed by atoms with E-state index in [1.54, 1.807) is 0 Å². The lowest BCUT2D eigenvalue weighted by molar-refractivity contribution is -0.0831. The third-order valence-electron chi connectivity index (χ3n) is 5.16. The van der Waals surface area contributed by atoms with E-state index < -0.39 is 0 Å². The number of hydrogen-bond donors (Lipinski definition) is 0. The zero-order valence-electron chi connectivity index (χ0n) is 10.9. The van der Waals surface area contributed by atoms with Crippen molar-refractivity contribution >= 4 is 11.0 Å². The summed E-state index contributed by atoms with van der Waals surface area (Å²) in [5.74, 6) is 0.706. The van der Waals surface area contributed by atoms with Crippen LogP contribution < -0.4 is 4.74 Å². The first-order chi connectivity index (χ1) is 9.34. The number of para-hydroxylation sites is 2. The molecule has 6 rings (SSSR count). The molecule has 5 heterocycles. The van der Waals surface area contributed by atoms with E-state index in [1.165, 1.54) is 31.4 Å². The SMILES string of the molecule is c1ccc2c(c1)nc1n2C[C@@]2(CN3CCC2CC3)O1. The van der Waals surface area contributed by atoms with E-state index in [-0.39, 0.29) is 5.60 Å². The molecule has 0 amide bonds. The molecule has 2 bridgehead atoms. The fourth-order valence-electron chi connectivity index (χ4n) is 4.19. The second-order valence-corrected chi connectivity index (χ2v) is 6.19. The van der Waals surface area contributed by atoms with E-state index in [4.69, 9.17) is 4.74 Å². The van der Waals surface area contributed by atoms with E-state index in [2.05, 4.69) is 32.7 Å². The van der Waals surface area contributed by atoms with Crippen molar-refractivity contribution in [2.75, 3.05) is 19.6 Å². The van der Waals surface area contributed by atoms with Crippen LogP contribution in [0.15, 0.2) is 24.3 Å². The van der Waals surface area contributed by atoms with Gasteiger partial charge in [-0.3, -0.25) is 9.47 Å². The molecule has 0 N–H and O–H groups in total. The second kappa shape index (κ2) is 3.31. The highest BCUT2D eigenvalue weighted by molar-refractivity contribution is 5.77. The first-order valence-electron chi connectivity index (χ1n) is 7.21. The molecule has 98 valence electrons. The van der Waals surface area contributed by atoms with Gasteiger partial charge in [-0.15, -0.1) is 0 Å². The van der Waals surface area contributed by atoms with E-state index in [0.29, 0.717) is 5.92 Å². The Balaban J connectivity index is 1.61. The summed E-state index contributed by atoms with van der Waals surface area (Å²) in [5.41, 5.74) is 2.27. The molecule has 0 aliphatic carbocycles. The molecular weight excluding hydrogens is 238 g/mol. The van der Waals surface area contributed by atoms with Crippen LogP contribution in [0.4, 0.5) is 0 Å². The highest BCUT2D eigenvalue weighted by atomic mass is 16.5. The van der Waals surface area contributed by atoms with Crippen molar-refractivity contribution in [3.8, 4) is 6.01 Å². The minimum atomic E-state index is 0.00284. The van der Waals surface area contributed by atoms with Crippen LogP contribution >= 0.6 is 0 Å². The Hall–Kier alpha value is -1.55. The van der Waals surface area contributed by atoms with Crippen molar-refractivity contribution < 1.29 is 4.74 Å². The quantitative estimate of drug-likeness (QED) is 0.720. The van der Waals surface area contributed by atoms with E-state index in [9.17, 15) is 0 Å². The van der Waals surface area contributed by atoms with E-state index in [0.717, 1.165) is 24.6 Å². The number of imidazole rings is 1. The van der Waals surface area contributed by atoms with Gasteiger partial charge in [-0.2, -0.15) is 4.98 Å². The number of fused-ring (bicyclic) bond motifs is 5. The van der Waals surface area contributed by atoms with E-state index >= 15 is 0 Å². The van der Waals surface area contributed by atoms with Crippen LogP contribution in [0.1, 0.15) is 12.8 Å². The molecule has 1 aromatic heterocycles. The number of rotatable bonds is 0. The number of piperidine rings is 3. The van der Waals surface area contributed by atoms with Gasteiger partial charge in [0.05, 0.1) is 17.6 Å². The number of nitrogens with zero attached hydrogens (tertiary/aromatic N) is 3. The molecule has 3 fully saturated rings. The summed E-state index contributed by atoms with van der Waals surface area (Å²) in [6.07, 6.45) is 2.56. The lowest BCUT2D eigenvalue weighted by atomic mass is 9.75. The average molecular weight is 255 g/mol. The summed E-state index contributed by atoms with van der Waals surface area (Å²) >= 11 is 0. The number of aromatic nitrogens is 2. The lowest BCUT2D eigenvalue weighted by Gasteiger charge is -2.50. The Kier molecular flexibility index (Phi) is 1.79. The first kappa shape index (κ1) is 10.3. The van der Waals surface area contributed by atoms with Gasteiger partial charge in [0.25, 0.3) is 6.01 Å². The highest BCUT2D eigenvalue weighted by Gasteiger charge is 2.53. The van der Waals surface area contributed by atoms with Gasteiger partial charge in [-0.25, -0.2) is 0 Å². The molecule has 0 radical (unpaired) electrons. The molecule has 2 aromatic rings. The van der Waals surface area contributed by atoms with Crippen molar-refractivity contribution in [3.05, 3.63) is 24.3 Å². The topological polar surface area (TPSA) is 30.3 Å². The Morgan fingerprint density at radius 3 is 2.79 bits per heavy atom. The smallest absolute Gasteiger partial charge is 0.298 e. The van der Waals surface area contributed by atoms with Crippen molar-refractivity contribution in [2.45, 2.75) is 25.0 Å². The van der Waals surface area contributed by atoms with Gasteiger partial charge >= 0.3 is 0 Å². The zero-order valence-corrected chi connectivity index (χ0v) is 10.9. The summed E-state index contributed by atoms with van der Waals surface area (Å²) in [7, 11) is 0. The van der Waals surface area contributed by atoms with Gasteiger partial charge in [0.1, 0.15) is 5.60 Å². The Labute approximate surface area is 112 Å². The molecule has 0 unspecified atom stereocenters. The standard InChI is InChI=1S/C15H17N3O/c1-2-4-13-12(3-1)16-14-18(13)10-15(19-14)9-17-7-5-11(15)6-8-17/h1-4,11H,5-10H2/t15-/m1/s1. The molecule has 19 heavy (non-hydrogen) atoms. The van der Waals surface area contributed by atoms with Crippen LogP contribution in [0.2, 0.25) is 0 Å². The predicted octanol–water partition coefficient (Wildman–Crippen LogP) is 1.89. The Morgan fingerprint density at radius 1 is 1.16 bits per heavy atom. The number of hydrogen-bond acceptors (Lipinski definition) is 3. The molecule has 4 aliphatic heterocycles. The Bertz CT molecular complexity index is 656. The number of ether oxygens (including phenoxy) is 1. The Morgan fingerprint density at radius 2 is 2.00 bits per heavy atom. The van der Waals surface area contributed by atoms with Crippen molar-refractivity contribution in [3.63, 3.8) is 0 Å². The maximum Gasteiger partial charge on any atom is 0.298 e. The molecule has 4 nitrogen and oxygen atoms in total. The summed E-state index contributed by atoms with van der Waals surface area (Å²) in [6, 6.07) is 9.16. The summed E-state index contributed by atoms with van der Waals surface area (Å²) < 4.78 is 8.64. The maximum absolute atomic E-state index is 6.36. The summed E-state index contributed by atoms with van der Waals surface area (Å²) in [4.78, 5) is 7.20. The third kappa shape index (κ3) is 1.25. The first-order valence-corrected chi connectivity index (χ1v) is 7.21. The minimum absolute atomic E-state index is 0.00284. The molecule has 1 aromatic carbocycles. The van der Waals surface area contributed by atoms with Gasteiger partial charge in [-0.1, -0.05) is 12.1 Å². The second-order valence-electron chi connectivity index (χ2n) is 6.19. The highest BCUT2D eigenvalue weighted by Crippen LogP contribution is 2.44. The van der Waals surface area contributed by atoms with Gasteiger partial charge in [-0.05, 0) is 38.1 Å². The zero-order chi connectivity index (χ0) is 12.4. The fourth-order valence-corrected chi connectivity index (χ4v) is 4.19. The largest absolute Gasteiger partial charge is 0.454 e. The molecule has 1 spiro atoms.